The summed E-state index contributed by atoms with van der Waals surface area (Å²) in [5.74, 6) is -0.273. The van der Waals surface area contributed by atoms with Gasteiger partial charge >= 0.3 is 0 Å². The summed E-state index contributed by atoms with van der Waals surface area (Å²) in [6.07, 6.45) is 3.81. The fraction of sp³-hybridized carbons (Fsp3) is 0.346. The molecule has 1 fully saturated rings. The van der Waals surface area contributed by atoms with E-state index in [9.17, 15) is 14.0 Å². The lowest BCUT2D eigenvalue weighted by atomic mass is 10.1. The molecule has 0 unspecified atom stereocenters. The van der Waals surface area contributed by atoms with Gasteiger partial charge in [0.25, 0.3) is 0 Å². The highest BCUT2D eigenvalue weighted by Crippen LogP contribution is 2.27. The summed E-state index contributed by atoms with van der Waals surface area (Å²) >= 11 is 0. The van der Waals surface area contributed by atoms with Crippen LogP contribution in [0.4, 0.5) is 10.2 Å². The maximum Gasteiger partial charge on any atom is 0.245 e. The van der Waals surface area contributed by atoms with Gasteiger partial charge in [0.15, 0.2) is 0 Å². The molecule has 1 aromatic heterocycles. The van der Waals surface area contributed by atoms with Crippen LogP contribution in [0.25, 0.3) is 16.9 Å². The number of rotatable bonds is 9. The highest BCUT2D eigenvalue weighted by Gasteiger charge is 2.28. The zero-order valence-corrected chi connectivity index (χ0v) is 19.2. The number of carbonyl (C=O) groups excluding carboxylic acids is 2. The quantitative estimate of drug-likeness (QED) is 0.513. The van der Waals surface area contributed by atoms with Crippen LogP contribution < -0.4 is 5.32 Å². The van der Waals surface area contributed by atoms with E-state index in [0.29, 0.717) is 30.4 Å². The number of hydrogen-bond donors (Lipinski definition) is 1. The zero-order chi connectivity index (χ0) is 23.9. The maximum absolute atomic E-state index is 13.5. The first-order chi connectivity index (χ1) is 16.5. The third kappa shape index (κ3) is 5.69. The molecular formula is C26H29FN4O3. The lowest BCUT2D eigenvalue weighted by Crippen LogP contribution is -2.42. The van der Waals surface area contributed by atoms with Gasteiger partial charge in [-0.25, -0.2) is 9.07 Å². The van der Waals surface area contributed by atoms with Crippen molar-refractivity contribution in [2.45, 2.75) is 25.7 Å². The molecule has 1 heterocycles. The van der Waals surface area contributed by atoms with Gasteiger partial charge in [0.05, 0.1) is 24.5 Å². The Morgan fingerprint density at radius 1 is 1.12 bits per heavy atom. The van der Waals surface area contributed by atoms with Gasteiger partial charge in [-0.1, -0.05) is 43.2 Å². The van der Waals surface area contributed by atoms with E-state index in [0.717, 1.165) is 31.2 Å². The Hall–Kier alpha value is -3.52. The molecule has 7 nitrogen and oxygen atoms in total. The van der Waals surface area contributed by atoms with E-state index in [1.165, 1.54) is 12.1 Å². The number of nitrogens with one attached hydrogen (secondary N) is 1. The van der Waals surface area contributed by atoms with Crippen molar-refractivity contribution in [2.75, 3.05) is 32.1 Å². The van der Waals surface area contributed by atoms with E-state index < -0.39 is 0 Å². The minimum absolute atomic E-state index is 0.00159. The van der Waals surface area contributed by atoms with Crippen LogP contribution in [0.3, 0.4) is 0 Å². The maximum atomic E-state index is 13.5. The lowest BCUT2D eigenvalue weighted by Gasteiger charge is -2.25. The second-order valence-corrected chi connectivity index (χ2v) is 8.45. The zero-order valence-electron chi connectivity index (χ0n) is 19.2. The fourth-order valence-corrected chi connectivity index (χ4v) is 4.25. The van der Waals surface area contributed by atoms with Gasteiger partial charge in [-0.2, -0.15) is 5.10 Å². The lowest BCUT2D eigenvalue weighted by molar-refractivity contribution is -0.138. The molecule has 0 aliphatic heterocycles. The van der Waals surface area contributed by atoms with Crippen molar-refractivity contribution in [1.29, 1.82) is 0 Å². The summed E-state index contributed by atoms with van der Waals surface area (Å²) < 4.78 is 20.2. The minimum atomic E-state index is -0.357. The van der Waals surface area contributed by atoms with Gasteiger partial charge < -0.3 is 15.0 Å². The standard InChI is InChI=1S/C26H29FN4O3/c1-34-16-15-30(26(33)20-9-5-6-10-20)18-25(32)28-24-17-23(19-7-3-2-4-8-19)29-31(24)22-13-11-21(27)12-14-22/h2-4,7-8,11-14,17,20H,5-6,9-10,15-16,18H2,1H3,(H,28,32). The number of methoxy groups -OCH3 is 1. The van der Waals surface area contributed by atoms with Crippen LogP contribution in [0.15, 0.2) is 60.7 Å². The Morgan fingerprint density at radius 3 is 2.50 bits per heavy atom. The molecule has 1 aliphatic carbocycles. The van der Waals surface area contributed by atoms with Crippen molar-refractivity contribution in [2.24, 2.45) is 5.92 Å². The topological polar surface area (TPSA) is 76.5 Å². The Bertz CT molecular complexity index is 1110. The number of aromatic nitrogens is 2. The summed E-state index contributed by atoms with van der Waals surface area (Å²) in [7, 11) is 1.57. The molecule has 0 bridgehead atoms. The molecule has 0 saturated heterocycles. The second-order valence-electron chi connectivity index (χ2n) is 8.45. The highest BCUT2D eigenvalue weighted by atomic mass is 19.1. The van der Waals surface area contributed by atoms with Crippen molar-refractivity contribution in [1.82, 2.24) is 14.7 Å². The third-order valence-corrected chi connectivity index (χ3v) is 6.03. The molecule has 1 saturated carbocycles. The average molecular weight is 465 g/mol. The number of hydrogen-bond acceptors (Lipinski definition) is 4. The smallest absolute Gasteiger partial charge is 0.245 e. The van der Waals surface area contributed by atoms with E-state index in [1.54, 1.807) is 34.9 Å². The number of amides is 2. The highest BCUT2D eigenvalue weighted by molar-refractivity contribution is 5.95. The van der Waals surface area contributed by atoms with Crippen molar-refractivity contribution in [3.05, 3.63) is 66.5 Å². The Balaban J connectivity index is 1.57. The molecule has 178 valence electrons. The number of carbonyl (C=O) groups is 2. The van der Waals surface area contributed by atoms with Crippen LogP contribution in [0, 0.1) is 11.7 Å². The molecule has 8 heteroatoms. The molecule has 0 atom stereocenters. The molecule has 4 rings (SSSR count). The first kappa shape index (κ1) is 23.6. The first-order valence-corrected chi connectivity index (χ1v) is 11.5. The van der Waals surface area contributed by atoms with Gasteiger partial charge in [0.2, 0.25) is 11.8 Å². The predicted octanol–water partition coefficient (Wildman–Crippen LogP) is 4.28. The van der Waals surface area contributed by atoms with Crippen LogP contribution in [-0.4, -0.2) is 53.3 Å². The molecule has 2 amide bonds. The Morgan fingerprint density at radius 2 is 1.82 bits per heavy atom. The number of anilines is 1. The van der Waals surface area contributed by atoms with Crippen molar-refractivity contribution >= 4 is 17.6 Å². The number of ether oxygens (including phenoxy) is 1. The van der Waals surface area contributed by atoms with Gasteiger partial charge in [-0.3, -0.25) is 9.59 Å². The molecule has 0 radical (unpaired) electrons. The van der Waals surface area contributed by atoms with Crippen molar-refractivity contribution < 1.29 is 18.7 Å². The van der Waals surface area contributed by atoms with E-state index in [4.69, 9.17) is 4.74 Å². The summed E-state index contributed by atoms with van der Waals surface area (Å²) in [6, 6.07) is 17.2. The molecule has 0 spiro atoms. The van der Waals surface area contributed by atoms with E-state index in [2.05, 4.69) is 10.4 Å². The summed E-state index contributed by atoms with van der Waals surface area (Å²) in [5, 5.41) is 7.54. The average Bonchev–Trinajstić information content (AvgIpc) is 3.53. The molecule has 1 N–H and O–H groups in total. The predicted molar refractivity (Wildman–Crippen MR) is 128 cm³/mol. The van der Waals surface area contributed by atoms with Crippen molar-refractivity contribution in [3.8, 4) is 16.9 Å². The largest absolute Gasteiger partial charge is 0.383 e. The van der Waals surface area contributed by atoms with E-state index in [-0.39, 0.29) is 30.1 Å². The third-order valence-electron chi connectivity index (χ3n) is 6.03. The van der Waals surface area contributed by atoms with Crippen molar-refractivity contribution in [3.63, 3.8) is 0 Å². The molecule has 2 aromatic carbocycles. The Kier molecular flexibility index (Phi) is 7.69. The molecule has 34 heavy (non-hydrogen) atoms. The van der Waals surface area contributed by atoms with Crippen LogP contribution in [0.1, 0.15) is 25.7 Å². The number of benzene rings is 2. The first-order valence-electron chi connectivity index (χ1n) is 11.5. The summed E-state index contributed by atoms with van der Waals surface area (Å²) in [6.45, 7) is 0.636. The van der Waals surface area contributed by atoms with E-state index >= 15 is 0 Å². The van der Waals surface area contributed by atoms with Crippen LogP contribution in [0.2, 0.25) is 0 Å². The monoisotopic (exact) mass is 464 g/mol. The Labute approximate surface area is 198 Å². The molecule has 1 aliphatic rings. The SMILES string of the molecule is COCCN(CC(=O)Nc1cc(-c2ccccc2)nn1-c1ccc(F)cc1)C(=O)C1CCCC1. The van der Waals surface area contributed by atoms with Crippen LogP contribution in [0.5, 0.6) is 0 Å². The minimum Gasteiger partial charge on any atom is -0.383 e. The van der Waals surface area contributed by atoms with Gasteiger partial charge in [0, 0.05) is 31.2 Å². The summed E-state index contributed by atoms with van der Waals surface area (Å²) in [4.78, 5) is 27.6. The van der Waals surface area contributed by atoms with Gasteiger partial charge in [-0.05, 0) is 37.1 Å². The summed E-state index contributed by atoms with van der Waals surface area (Å²) in [5.41, 5.74) is 2.16. The van der Waals surface area contributed by atoms with Gasteiger partial charge in [-0.15, -0.1) is 0 Å². The van der Waals surface area contributed by atoms with E-state index in [1.807, 2.05) is 30.3 Å². The van der Waals surface area contributed by atoms with Crippen LogP contribution >= 0.6 is 0 Å². The number of halogens is 1. The molecular weight excluding hydrogens is 435 g/mol. The number of nitrogens with zero attached hydrogens (tertiary/aromatic N) is 3. The fourth-order valence-electron chi connectivity index (χ4n) is 4.25. The normalized spacial score (nSPS) is 13.7. The van der Waals surface area contributed by atoms with Gasteiger partial charge in [0.1, 0.15) is 11.6 Å². The second kappa shape index (κ2) is 11.1. The molecule has 3 aromatic rings. The van der Waals surface area contributed by atoms with Crippen LogP contribution in [-0.2, 0) is 14.3 Å².